The minimum absolute atomic E-state index is 0.0441. The van der Waals surface area contributed by atoms with Crippen molar-refractivity contribution in [1.82, 2.24) is 5.32 Å². The Bertz CT molecular complexity index is 605. The van der Waals surface area contributed by atoms with Gasteiger partial charge in [0.2, 0.25) is 5.91 Å². The highest BCUT2D eigenvalue weighted by Crippen LogP contribution is 2.60. The number of carbonyl (C=O) groups excluding carboxylic acids is 1. The topological polar surface area (TPSA) is 49.3 Å². The van der Waals surface area contributed by atoms with E-state index in [1.165, 1.54) is 25.3 Å². The van der Waals surface area contributed by atoms with Crippen molar-refractivity contribution in [3.63, 3.8) is 0 Å². The molecule has 1 aromatic rings. The fourth-order valence-corrected chi connectivity index (χ4v) is 5.70. The minimum Gasteiger partial charge on any atom is -0.386 e. The summed E-state index contributed by atoms with van der Waals surface area (Å²) in [5.74, 6) is 0.332. The van der Waals surface area contributed by atoms with Crippen LogP contribution < -0.4 is 5.32 Å². The van der Waals surface area contributed by atoms with Gasteiger partial charge in [-0.3, -0.25) is 4.79 Å². The first-order valence-corrected chi connectivity index (χ1v) is 8.87. The number of halogens is 2. The standard InChI is InChI=1S/C19H23F2NO2/c20-14-2-1-3-15(21)17(14)16(23)10-22-18(24)19-7-11-4-12(8-19)6-13(5-11)9-19/h1-3,11-13,16,23H,4-10H2,(H,22,24). The van der Waals surface area contributed by atoms with E-state index < -0.39 is 17.7 Å². The summed E-state index contributed by atoms with van der Waals surface area (Å²) in [6.45, 7) is -0.154. The Labute approximate surface area is 140 Å². The van der Waals surface area contributed by atoms with Crippen LogP contribution in [0.1, 0.15) is 50.2 Å². The Balaban J connectivity index is 1.44. The van der Waals surface area contributed by atoms with Gasteiger partial charge in [-0.15, -0.1) is 0 Å². The van der Waals surface area contributed by atoms with Crippen molar-refractivity contribution in [2.75, 3.05) is 6.54 Å². The quantitative estimate of drug-likeness (QED) is 0.887. The lowest BCUT2D eigenvalue weighted by Gasteiger charge is -2.55. The number of hydrogen-bond donors (Lipinski definition) is 2. The van der Waals surface area contributed by atoms with Crippen molar-refractivity contribution in [3.8, 4) is 0 Å². The van der Waals surface area contributed by atoms with Crippen molar-refractivity contribution < 1.29 is 18.7 Å². The summed E-state index contributed by atoms with van der Waals surface area (Å²) in [4.78, 5) is 12.8. The summed E-state index contributed by atoms with van der Waals surface area (Å²) in [6.07, 6.45) is 5.14. The van der Waals surface area contributed by atoms with Crippen LogP contribution in [-0.2, 0) is 4.79 Å². The van der Waals surface area contributed by atoms with E-state index in [1.54, 1.807) is 0 Å². The molecule has 0 aliphatic heterocycles. The van der Waals surface area contributed by atoms with E-state index in [4.69, 9.17) is 0 Å². The van der Waals surface area contributed by atoms with E-state index in [0.717, 1.165) is 31.4 Å². The van der Waals surface area contributed by atoms with Gasteiger partial charge < -0.3 is 10.4 Å². The third-order valence-corrected chi connectivity index (χ3v) is 6.31. The highest BCUT2D eigenvalue weighted by molar-refractivity contribution is 5.83. The molecule has 130 valence electrons. The predicted octanol–water partition coefficient (Wildman–Crippen LogP) is 3.33. The number of benzene rings is 1. The Hall–Kier alpha value is -1.49. The van der Waals surface area contributed by atoms with Crippen molar-refractivity contribution >= 4 is 5.91 Å². The second kappa shape index (κ2) is 5.80. The Morgan fingerprint density at radius 2 is 1.62 bits per heavy atom. The smallest absolute Gasteiger partial charge is 0.226 e. The average Bonchev–Trinajstić information content (AvgIpc) is 2.51. The molecule has 0 saturated heterocycles. The molecular formula is C19H23F2NO2. The van der Waals surface area contributed by atoms with Crippen LogP contribution in [-0.4, -0.2) is 17.6 Å². The van der Waals surface area contributed by atoms with Crippen LogP contribution in [0.25, 0.3) is 0 Å². The molecule has 0 spiro atoms. The van der Waals surface area contributed by atoms with Crippen LogP contribution in [0.15, 0.2) is 18.2 Å². The molecule has 0 aromatic heterocycles. The maximum Gasteiger partial charge on any atom is 0.226 e. The lowest BCUT2D eigenvalue weighted by Crippen LogP contribution is -2.54. The molecule has 24 heavy (non-hydrogen) atoms. The molecule has 4 fully saturated rings. The normalized spacial score (nSPS) is 35.0. The Kier molecular flexibility index (Phi) is 3.87. The van der Waals surface area contributed by atoms with Gasteiger partial charge >= 0.3 is 0 Å². The van der Waals surface area contributed by atoms with Crippen molar-refractivity contribution in [2.24, 2.45) is 23.2 Å². The molecular weight excluding hydrogens is 312 g/mol. The maximum absolute atomic E-state index is 13.7. The molecule has 5 rings (SSSR count). The number of aliphatic hydroxyl groups excluding tert-OH is 1. The number of nitrogens with one attached hydrogen (secondary N) is 1. The van der Waals surface area contributed by atoms with Crippen LogP contribution in [0.3, 0.4) is 0 Å². The van der Waals surface area contributed by atoms with E-state index in [9.17, 15) is 18.7 Å². The molecule has 0 radical (unpaired) electrons. The van der Waals surface area contributed by atoms with Gasteiger partial charge in [0.15, 0.2) is 0 Å². The molecule has 5 heteroatoms. The van der Waals surface area contributed by atoms with Crippen LogP contribution in [0.5, 0.6) is 0 Å². The van der Waals surface area contributed by atoms with Gasteiger partial charge in [0.1, 0.15) is 17.7 Å². The van der Waals surface area contributed by atoms with Crippen molar-refractivity contribution in [2.45, 2.75) is 44.6 Å². The van der Waals surface area contributed by atoms with Gasteiger partial charge in [-0.25, -0.2) is 8.78 Å². The van der Waals surface area contributed by atoms with Gasteiger partial charge in [0.25, 0.3) is 0 Å². The van der Waals surface area contributed by atoms with E-state index in [-0.39, 0.29) is 23.4 Å². The van der Waals surface area contributed by atoms with Crippen LogP contribution >= 0.6 is 0 Å². The molecule has 4 bridgehead atoms. The van der Waals surface area contributed by atoms with Gasteiger partial charge in [-0.05, 0) is 68.4 Å². The first-order chi connectivity index (χ1) is 11.5. The van der Waals surface area contributed by atoms with Crippen LogP contribution in [0, 0.1) is 34.8 Å². The number of amides is 1. The van der Waals surface area contributed by atoms with E-state index >= 15 is 0 Å². The first kappa shape index (κ1) is 16.0. The molecule has 4 saturated carbocycles. The lowest BCUT2D eigenvalue weighted by molar-refractivity contribution is -0.146. The van der Waals surface area contributed by atoms with E-state index in [0.29, 0.717) is 17.8 Å². The molecule has 4 aliphatic rings. The fourth-order valence-electron chi connectivity index (χ4n) is 5.70. The summed E-state index contributed by atoms with van der Waals surface area (Å²) >= 11 is 0. The van der Waals surface area contributed by atoms with Crippen LogP contribution in [0.2, 0.25) is 0 Å². The third kappa shape index (κ3) is 2.63. The molecule has 2 N–H and O–H groups in total. The SMILES string of the molecule is O=C(NCC(O)c1c(F)cccc1F)C12CC3CC(CC(C3)C1)C2. The maximum atomic E-state index is 13.7. The molecule has 1 atom stereocenters. The van der Waals surface area contributed by atoms with Crippen molar-refractivity contribution in [3.05, 3.63) is 35.4 Å². The molecule has 1 amide bonds. The third-order valence-electron chi connectivity index (χ3n) is 6.31. The molecule has 1 aromatic carbocycles. The zero-order chi connectivity index (χ0) is 16.9. The molecule has 0 heterocycles. The average molecular weight is 335 g/mol. The Morgan fingerprint density at radius 1 is 1.12 bits per heavy atom. The number of rotatable bonds is 4. The highest BCUT2D eigenvalue weighted by Gasteiger charge is 2.54. The summed E-state index contributed by atoms with van der Waals surface area (Å²) in [5.41, 5.74) is -0.689. The summed E-state index contributed by atoms with van der Waals surface area (Å²) < 4.78 is 27.5. The van der Waals surface area contributed by atoms with Gasteiger partial charge in [-0.1, -0.05) is 6.07 Å². The number of carbonyl (C=O) groups is 1. The summed E-state index contributed by atoms with van der Waals surface area (Å²) in [6, 6.07) is 3.49. The molecule has 4 aliphatic carbocycles. The van der Waals surface area contributed by atoms with E-state index in [2.05, 4.69) is 5.32 Å². The summed E-state index contributed by atoms with van der Waals surface area (Å²) in [5, 5.41) is 12.9. The molecule has 1 unspecified atom stereocenters. The predicted molar refractivity (Wildman–Crippen MR) is 84.9 cm³/mol. The van der Waals surface area contributed by atoms with E-state index in [1.807, 2.05) is 0 Å². The second-order valence-electron chi connectivity index (χ2n) is 8.06. The molecule has 3 nitrogen and oxygen atoms in total. The van der Waals surface area contributed by atoms with Crippen LogP contribution in [0.4, 0.5) is 8.78 Å². The van der Waals surface area contributed by atoms with Gasteiger partial charge in [-0.2, -0.15) is 0 Å². The summed E-state index contributed by atoms with van der Waals surface area (Å²) in [7, 11) is 0. The second-order valence-corrected chi connectivity index (χ2v) is 8.06. The first-order valence-electron chi connectivity index (χ1n) is 8.87. The van der Waals surface area contributed by atoms with Gasteiger partial charge in [0, 0.05) is 12.0 Å². The van der Waals surface area contributed by atoms with Crippen molar-refractivity contribution in [1.29, 1.82) is 0 Å². The Morgan fingerprint density at radius 3 is 2.12 bits per heavy atom. The number of hydrogen-bond acceptors (Lipinski definition) is 2. The largest absolute Gasteiger partial charge is 0.386 e. The zero-order valence-electron chi connectivity index (χ0n) is 13.6. The fraction of sp³-hybridized carbons (Fsp3) is 0.632. The highest BCUT2D eigenvalue weighted by atomic mass is 19.1. The zero-order valence-corrected chi connectivity index (χ0v) is 13.6. The number of aliphatic hydroxyl groups is 1. The minimum atomic E-state index is -1.37. The monoisotopic (exact) mass is 335 g/mol. The van der Waals surface area contributed by atoms with Gasteiger partial charge in [0.05, 0.1) is 5.56 Å². The lowest BCUT2D eigenvalue weighted by atomic mass is 9.49.